The Kier molecular flexibility index (Phi) is 2.28. The normalized spacial score (nSPS) is 21.0. The second kappa shape index (κ2) is 3.45. The molecule has 0 aliphatic carbocycles. The maximum absolute atomic E-state index is 11.4. The predicted octanol–water partition coefficient (Wildman–Crippen LogP) is 2.33. The zero-order valence-electron chi connectivity index (χ0n) is 8.54. The average molecular weight is 190 g/mol. The fraction of sp³-hybridized carbons (Fsp3) is 0.417. The minimum Gasteiger partial charge on any atom is -0.465 e. The molecule has 74 valence electrons. The Morgan fingerprint density at radius 2 is 2.14 bits per heavy atom. The molecule has 0 saturated carbocycles. The van der Waals surface area contributed by atoms with Gasteiger partial charge in [-0.15, -0.1) is 0 Å². The summed E-state index contributed by atoms with van der Waals surface area (Å²) in [5.41, 5.74) is 3.51. The van der Waals surface area contributed by atoms with Gasteiger partial charge in [0.1, 0.15) is 0 Å². The Bertz CT molecular complexity index is 369. The summed E-state index contributed by atoms with van der Waals surface area (Å²) < 4.78 is 4.98. The van der Waals surface area contributed by atoms with Gasteiger partial charge in [-0.1, -0.05) is 23.8 Å². The van der Waals surface area contributed by atoms with Crippen LogP contribution in [0.1, 0.15) is 29.0 Å². The number of hydrogen-bond acceptors (Lipinski definition) is 2. The summed E-state index contributed by atoms with van der Waals surface area (Å²) in [7, 11) is 0. The minimum absolute atomic E-state index is 0.0325. The van der Waals surface area contributed by atoms with Gasteiger partial charge in [0.15, 0.2) is 0 Å². The van der Waals surface area contributed by atoms with Gasteiger partial charge in [-0.2, -0.15) is 0 Å². The molecule has 2 rings (SSSR count). The molecule has 0 spiro atoms. The van der Waals surface area contributed by atoms with Crippen LogP contribution in [0.4, 0.5) is 0 Å². The molecule has 1 aromatic carbocycles. The molecule has 1 heterocycles. The zero-order chi connectivity index (χ0) is 10.1. The van der Waals surface area contributed by atoms with E-state index in [0.717, 1.165) is 12.0 Å². The quantitative estimate of drug-likeness (QED) is 0.635. The Labute approximate surface area is 83.9 Å². The molecule has 0 aromatic heterocycles. The van der Waals surface area contributed by atoms with Crippen molar-refractivity contribution in [2.24, 2.45) is 0 Å². The van der Waals surface area contributed by atoms with E-state index in [2.05, 4.69) is 18.2 Å². The number of cyclic esters (lactones) is 1. The van der Waals surface area contributed by atoms with E-state index in [0.29, 0.717) is 6.61 Å². The second-order valence-electron chi connectivity index (χ2n) is 3.87. The molecular weight excluding hydrogens is 176 g/mol. The first-order chi connectivity index (χ1) is 6.68. The van der Waals surface area contributed by atoms with Crippen molar-refractivity contribution in [2.75, 3.05) is 6.61 Å². The topological polar surface area (TPSA) is 26.3 Å². The first-order valence-electron chi connectivity index (χ1n) is 4.92. The summed E-state index contributed by atoms with van der Waals surface area (Å²) in [6, 6.07) is 6.22. The van der Waals surface area contributed by atoms with Crippen molar-refractivity contribution < 1.29 is 9.53 Å². The van der Waals surface area contributed by atoms with Crippen molar-refractivity contribution in [1.29, 1.82) is 0 Å². The maximum atomic E-state index is 11.4. The summed E-state index contributed by atoms with van der Waals surface area (Å²) >= 11 is 0. The first kappa shape index (κ1) is 9.25. The molecule has 1 atom stereocenters. The van der Waals surface area contributed by atoms with Crippen molar-refractivity contribution in [3.05, 3.63) is 34.9 Å². The van der Waals surface area contributed by atoms with E-state index >= 15 is 0 Å². The van der Waals surface area contributed by atoms with Crippen molar-refractivity contribution >= 4 is 5.97 Å². The minimum atomic E-state index is -0.0706. The first-order valence-corrected chi connectivity index (χ1v) is 4.92. The fourth-order valence-electron chi connectivity index (χ4n) is 1.91. The molecule has 0 amide bonds. The number of esters is 1. The average Bonchev–Trinajstić information content (AvgIpc) is 2.56. The number of rotatable bonds is 1. The number of hydrogen-bond donors (Lipinski definition) is 0. The Balaban J connectivity index is 2.39. The summed E-state index contributed by atoms with van der Waals surface area (Å²) in [5.74, 6) is -0.103. The number of carbonyl (C=O) groups is 1. The highest BCUT2D eigenvalue weighted by Crippen LogP contribution is 2.29. The SMILES string of the molecule is Cc1ccc(C)c(C2CCOC2=O)c1. The largest absolute Gasteiger partial charge is 0.465 e. The van der Waals surface area contributed by atoms with Crippen LogP contribution in [-0.2, 0) is 9.53 Å². The van der Waals surface area contributed by atoms with Crippen molar-refractivity contribution in [3.63, 3.8) is 0 Å². The van der Waals surface area contributed by atoms with Gasteiger partial charge in [-0.3, -0.25) is 4.79 Å². The monoisotopic (exact) mass is 190 g/mol. The molecule has 0 bridgehead atoms. The summed E-state index contributed by atoms with van der Waals surface area (Å²) in [4.78, 5) is 11.4. The van der Waals surface area contributed by atoms with Crippen LogP contribution in [-0.4, -0.2) is 12.6 Å². The van der Waals surface area contributed by atoms with Gasteiger partial charge in [0.25, 0.3) is 0 Å². The maximum Gasteiger partial charge on any atom is 0.313 e. The number of aryl methyl sites for hydroxylation is 2. The van der Waals surface area contributed by atoms with Crippen LogP contribution < -0.4 is 0 Å². The molecule has 1 fully saturated rings. The van der Waals surface area contributed by atoms with Crippen molar-refractivity contribution in [3.8, 4) is 0 Å². The van der Waals surface area contributed by atoms with E-state index in [4.69, 9.17) is 4.74 Å². The Hall–Kier alpha value is -1.31. The van der Waals surface area contributed by atoms with Gasteiger partial charge < -0.3 is 4.74 Å². The Morgan fingerprint density at radius 3 is 2.79 bits per heavy atom. The summed E-state index contributed by atoms with van der Waals surface area (Å²) in [6.07, 6.45) is 0.823. The van der Waals surface area contributed by atoms with Crippen LogP contribution in [0, 0.1) is 13.8 Å². The third-order valence-corrected chi connectivity index (χ3v) is 2.75. The number of carbonyl (C=O) groups excluding carboxylic acids is 1. The van der Waals surface area contributed by atoms with Gasteiger partial charge in [0.2, 0.25) is 0 Å². The molecule has 1 aliphatic rings. The van der Waals surface area contributed by atoms with E-state index in [1.807, 2.05) is 13.8 Å². The molecule has 14 heavy (non-hydrogen) atoms. The molecule has 0 radical (unpaired) electrons. The van der Waals surface area contributed by atoms with Gasteiger partial charge in [-0.25, -0.2) is 0 Å². The highest BCUT2D eigenvalue weighted by atomic mass is 16.5. The van der Waals surface area contributed by atoms with E-state index in [-0.39, 0.29) is 11.9 Å². The highest BCUT2D eigenvalue weighted by molar-refractivity contribution is 5.80. The zero-order valence-corrected chi connectivity index (χ0v) is 8.54. The number of benzene rings is 1. The van der Waals surface area contributed by atoms with Crippen LogP contribution in [0.5, 0.6) is 0 Å². The highest BCUT2D eigenvalue weighted by Gasteiger charge is 2.29. The standard InChI is InChI=1S/C12H14O2/c1-8-3-4-9(2)11(7-8)10-5-6-14-12(10)13/h3-4,7,10H,5-6H2,1-2H3. The third kappa shape index (κ3) is 1.52. The number of ether oxygens (including phenoxy) is 1. The van der Waals surface area contributed by atoms with Crippen LogP contribution in [0.3, 0.4) is 0 Å². The molecule has 1 saturated heterocycles. The summed E-state index contributed by atoms with van der Waals surface area (Å²) in [6.45, 7) is 4.65. The van der Waals surface area contributed by atoms with Gasteiger partial charge in [-0.05, 0) is 31.4 Å². The molecule has 2 nitrogen and oxygen atoms in total. The molecule has 1 aromatic rings. The van der Waals surface area contributed by atoms with Crippen LogP contribution in [0.2, 0.25) is 0 Å². The van der Waals surface area contributed by atoms with Gasteiger partial charge in [0, 0.05) is 0 Å². The van der Waals surface area contributed by atoms with E-state index in [1.165, 1.54) is 11.1 Å². The van der Waals surface area contributed by atoms with Gasteiger partial charge in [0.05, 0.1) is 12.5 Å². The van der Waals surface area contributed by atoms with Crippen LogP contribution in [0.15, 0.2) is 18.2 Å². The molecule has 1 unspecified atom stereocenters. The lowest BCUT2D eigenvalue weighted by molar-refractivity contribution is -0.139. The second-order valence-corrected chi connectivity index (χ2v) is 3.87. The molecule has 1 aliphatic heterocycles. The lowest BCUT2D eigenvalue weighted by Crippen LogP contribution is -2.07. The Morgan fingerprint density at radius 1 is 1.36 bits per heavy atom. The van der Waals surface area contributed by atoms with Crippen LogP contribution >= 0.6 is 0 Å². The summed E-state index contributed by atoms with van der Waals surface area (Å²) in [5, 5.41) is 0. The molecular formula is C12H14O2. The van der Waals surface area contributed by atoms with Crippen LogP contribution in [0.25, 0.3) is 0 Å². The van der Waals surface area contributed by atoms with Crippen molar-refractivity contribution in [1.82, 2.24) is 0 Å². The van der Waals surface area contributed by atoms with Crippen molar-refractivity contribution in [2.45, 2.75) is 26.2 Å². The molecule has 0 N–H and O–H groups in total. The van der Waals surface area contributed by atoms with E-state index in [9.17, 15) is 4.79 Å². The van der Waals surface area contributed by atoms with E-state index < -0.39 is 0 Å². The lowest BCUT2D eigenvalue weighted by Gasteiger charge is -2.10. The molecule has 2 heteroatoms. The van der Waals surface area contributed by atoms with Gasteiger partial charge >= 0.3 is 5.97 Å². The predicted molar refractivity (Wildman–Crippen MR) is 54.2 cm³/mol. The smallest absolute Gasteiger partial charge is 0.313 e. The van der Waals surface area contributed by atoms with E-state index in [1.54, 1.807) is 0 Å². The third-order valence-electron chi connectivity index (χ3n) is 2.75. The fourth-order valence-corrected chi connectivity index (χ4v) is 1.91. The lowest BCUT2D eigenvalue weighted by atomic mass is 9.92.